The van der Waals surface area contributed by atoms with Gasteiger partial charge in [-0.25, -0.2) is 0 Å². The van der Waals surface area contributed by atoms with Crippen LogP contribution in [0.1, 0.15) is 18.6 Å². The van der Waals surface area contributed by atoms with E-state index in [-0.39, 0.29) is 6.04 Å². The average molecular weight is 194 g/mol. The molecule has 0 aromatic heterocycles. The van der Waals surface area contributed by atoms with Crippen LogP contribution in [-0.4, -0.2) is 36.8 Å². The van der Waals surface area contributed by atoms with Crippen molar-refractivity contribution in [2.75, 3.05) is 21.1 Å². The molecule has 2 heteroatoms. The van der Waals surface area contributed by atoms with Crippen molar-refractivity contribution < 1.29 is 9.59 Å². The molecule has 1 aromatic rings. The fraction of sp³-hybridized carbons (Fsp3) is 0.500. The van der Waals surface area contributed by atoms with E-state index in [1.54, 1.807) is 0 Å². The molecule has 0 radical (unpaired) electrons. The van der Waals surface area contributed by atoms with Gasteiger partial charge in [0.25, 0.3) is 0 Å². The first-order chi connectivity index (χ1) is 6.43. The highest BCUT2D eigenvalue weighted by Gasteiger charge is 2.27. The minimum absolute atomic E-state index is 0.192. The molecule has 1 aromatic carbocycles. The van der Waals surface area contributed by atoms with Gasteiger partial charge in [0.15, 0.2) is 0 Å². The fourth-order valence-electron chi connectivity index (χ4n) is 1.35. The predicted molar refractivity (Wildman–Crippen MR) is 58.9 cm³/mol. The summed E-state index contributed by atoms with van der Waals surface area (Å²) in [6, 6.07) is 10.0. The first-order valence-corrected chi connectivity index (χ1v) is 4.97. The Labute approximate surface area is 86.4 Å². The van der Waals surface area contributed by atoms with Crippen LogP contribution in [0.15, 0.2) is 30.3 Å². The molecular weight excluding hydrogens is 174 g/mol. The van der Waals surface area contributed by atoms with Crippen LogP contribution < -0.4 is 0 Å². The van der Waals surface area contributed by atoms with E-state index in [4.69, 9.17) is 0 Å². The molecule has 0 saturated heterocycles. The Morgan fingerprint density at radius 3 is 2.00 bits per heavy atom. The molecule has 0 aliphatic rings. The number of likely N-dealkylation sites (N-methyl/N-ethyl adjacent to an activating group) is 1. The van der Waals surface area contributed by atoms with E-state index in [0.717, 1.165) is 10.0 Å². The number of benzene rings is 1. The Morgan fingerprint density at radius 1 is 1.07 bits per heavy atom. The van der Waals surface area contributed by atoms with Crippen LogP contribution in [0.4, 0.5) is 0 Å². The van der Waals surface area contributed by atoms with Crippen LogP contribution in [-0.2, 0) is 0 Å². The van der Waals surface area contributed by atoms with Crippen molar-refractivity contribution >= 4 is 0 Å². The summed E-state index contributed by atoms with van der Waals surface area (Å²) in [6.45, 7) is 2.07. The van der Waals surface area contributed by atoms with Crippen molar-refractivity contribution in [3.63, 3.8) is 0 Å². The van der Waals surface area contributed by atoms with Gasteiger partial charge in [-0.3, -0.25) is 0 Å². The van der Waals surface area contributed by atoms with Crippen molar-refractivity contribution in [3.8, 4) is 0 Å². The van der Waals surface area contributed by atoms with E-state index in [1.807, 2.05) is 30.3 Å². The van der Waals surface area contributed by atoms with Gasteiger partial charge in [0, 0.05) is 0 Å². The summed E-state index contributed by atoms with van der Waals surface area (Å²) in [5, 5.41) is 10.1. The van der Waals surface area contributed by atoms with E-state index in [2.05, 4.69) is 28.1 Å². The number of aliphatic hydroxyl groups is 1. The second kappa shape index (κ2) is 4.11. The van der Waals surface area contributed by atoms with E-state index in [1.165, 1.54) is 0 Å². The Balaban J connectivity index is 2.81. The molecule has 0 fully saturated rings. The smallest absolute Gasteiger partial charge is 0.130 e. The molecule has 2 atom stereocenters. The lowest BCUT2D eigenvalue weighted by atomic mass is 10.0. The molecule has 14 heavy (non-hydrogen) atoms. The van der Waals surface area contributed by atoms with Crippen molar-refractivity contribution in [1.82, 2.24) is 0 Å². The molecule has 0 spiro atoms. The number of quaternary nitrogens is 1. The molecule has 0 aliphatic carbocycles. The number of hydrogen-bond acceptors (Lipinski definition) is 1. The van der Waals surface area contributed by atoms with Gasteiger partial charge in [0.05, 0.1) is 21.1 Å². The van der Waals surface area contributed by atoms with Crippen LogP contribution in [0.3, 0.4) is 0 Å². The molecule has 78 valence electrons. The van der Waals surface area contributed by atoms with E-state index in [9.17, 15) is 5.11 Å². The molecule has 0 aliphatic heterocycles. The van der Waals surface area contributed by atoms with Crippen molar-refractivity contribution in [3.05, 3.63) is 35.9 Å². The highest BCUT2D eigenvalue weighted by atomic mass is 16.3. The second-order valence-electron chi connectivity index (χ2n) is 4.71. The van der Waals surface area contributed by atoms with E-state index in [0.29, 0.717) is 0 Å². The van der Waals surface area contributed by atoms with Gasteiger partial charge in [-0.2, -0.15) is 0 Å². The summed E-state index contributed by atoms with van der Waals surface area (Å²) < 4.78 is 0.760. The summed E-state index contributed by atoms with van der Waals surface area (Å²) >= 11 is 0. The molecule has 1 N–H and O–H groups in total. The van der Waals surface area contributed by atoms with Gasteiger partial charge in [-0.15, -0.1) is 0 Å². The molecule has 0 amide bonds. The predicted octanol–water partition coefficient (Wildman–Crippen LogP) is 1.81. The average Bonchev–Trinajstić information content (AvgIpc) is 2.15. The maximum atomic E-state index is 10.1. The maximum Gasteiger partial charge on any atom is 0.130 e. The van der Waals surface area contributed by atoms with Crippen molar-refractivity contribution in [1.29, 1.82) is 0 Å². The van der Waals surface area contributed by atoms with Crippen LogP contribution in [0.25, 0.3) is 0 Å². The fourth-order valence-corrected chi connectivity index (χ4v) is 1.35. The Morgan fingerprint density at radius 2 is 1.57 bits per heavy atom. The summed E-state index contributed by atoms with van der Waals surface area (Å²) in [5.74, 6) is 0. The topological polar surface area (TPSA) is 20.2 Å². The van der Waals surface area contributed by atoms with Gasteiger partial charge >= 0.3 is 0 Å². The lowest BCUT2D eigenvalue weighted by molar-refractivity contribution is -0.898. The summed E-state index contributed by atoms with van der Waals surface area (Å²) in [5.41, 5.74) is 0.994. The summed E-state index contributed by atoms with van der Waals surface area (Å²) in [7, 11) is 6.28. The monoisotopic (exact) mass is 194 g/mol. The van der Waals surface area contributed by atoms with Crippen LogP contribution in [0.2, 0.25) is 0 Å². The zero-order chi connectivity index (χ0) is 10.8. The molecule has 0 saturated carbocycles. The van der Waals surface area contributed by atoms with Gasteiger partial charge in [-0.05, 0) is 12.5 Å². The Bertz CT molecular complexity index is 276. The van der Waals surface area contributed by atoms with Gasteiger partial charge in [0.1, 0.15) is 12.1 Å². The summed E-state index contributed by atoms with van der Waals surface area (Å²) in [4.78, 5) is 0. The first kappa shape index (κ1) is 11.2. The van der Waals surface area contributed by atoms with Gasteiger partial charge < -0.3 is 9.59 Å². The van der Waals surface area contributed by atoms with Crippen LogP contribution in [0.5, 0.6) is 0 Å². The third kappa shape index (κ3) is 2.56. The SMILES string of the molecule is CC(C(O)c1ccccc1)[N+](C)(C)C. The molecule has 2 unspecified atom stereocenters. The Hall–Kier alpha value is -0.860. The standard InChI is InChI=1S/C12H20NO/c1-10(13(2,3)4)12(14)11-8-6-5-7-9-11/h5-10,12,14H,1-4H3/q+1. The van der Waals surface area contributed by atoms with Gasteiger partial charge in [-0.1, -0.05) is 30.3 Å². The van der Waals surface area contributed by atoms with Crippen LogP contribution in [0, 0.1) is 0 Å². The normalized spacial score (nSPS) is 16.4. The highest BCUT2D eigenvalue weighted by molar-refractivity contribution is 5.18. The van der Waals surface area contributed by atoms with E-state index < -0.39 is 6.10 Å². The summed E-state index contributed by atoms with van der Waals surface area (Å²) in [6.07, 6.45) is -0.392. The van der Waals surface area contributed by atoms with Gasteiger partial charge in [0.2, 0.25) is 0 Å². The minimum atomic E-state index is -0.392. The highest BCUT2D eigenvalue weighted by Crippen LogP contribution is 2.21. The minimum Gasteiger partial charge on any atom is -0.382 e. The number of hydrogen-bond donors (Lipinski definition) is 1. The molecule has 1 rings (SSSR count). The number of rotatable bonds is 3. The largest absolute Gasteiger partial charge is 0.382 e. The molecule has 2 nitrogen and oxygen atoms in total. The first-order valence-electron chi connectivity index (χ1n) is 4.97. The maximum absolute atomic E-state index is 10.1. The third-order valence-electron chi connectivity index (χ3n) is 2.82. The number of nitrogens with zero attached hydrogens (tertiary/aromatic N) is 1. The van der Waals surface area contributed by atoms with Crippen molar-refractivity contribution in [2.45, 2.75) is 19.1 Å². The Kier molecular flexibility index (Phi) is 3.29. The van der Waals surface area contributed by atoms with Crippen LogP contribution >= 0.6 is 0 Å². The molecular formula is C12H20NO+. The third-order valence-corrected chi connectivity index (χ3v) is 2.82. The zero-order valence-corrected chi connectivity index (χ0v) is 9.44. The van der Waals surface area contributed by atoms with E-state index >= 15 is 0 Å². The lowest BCUT2D eigenvalue weighted by Crippen LogP contribution is -2.46. The zero-order valence-electron chi connectivity index (χ0n) is 9.44. The lowest BCUT2D eigenvalue weighted by Gasteiger charge is -2.34. The second-order valence-corrected chi connectivity index (χ2v) is 4.71. The van der Waals surface area contributed by atoms with Crippen molar-refractivity contribution in [2.24, 2.45) is 0 Å². The molecule has 0 heterocycles. The number of aliphatic hydroxyl groups excluding tert-OH is 1. The molecule has 0 bridgehead atoms. The quantitative estimate of drug-likeness (QED) is 0.728.